The molecule has 7 rings (SSSR count). The predicted molar refractivity (Wildman–Crippen MR) is 186 cm³/mol. The van der Waals surface area contributed by atoms with Gasteiger partial charge in [-0.1, -0.05) is 60.7 Å². The van der Waals surface area contributed by atoms with Gasteiger partial charge in [-0.05, 0) is 49.4 Å². The number of carbonyl (C=O) groups is 1. The first-order valence-electron chi connectivity index (χ1n) is 17.1. The number of aryl methyl sites for hydroxylation is 1. The molecule has 3 aromatic carbocycles. The van der Waals surface area contributed by atoms with Gasteiger partial charge in [0.2, 0.25) is 0 Å². The lowest BCUT2D eigenvalue weighted by Gasteiger charge is -2.42. The molecule has 0 N–H and O–H groups in total. The maximum absolute atomic E-state index is 14.1. The minimum atomic E-state index is -0.871. The van der Waals surface area contributed by atoms with Crippen LogP contribution in [0.25, 0.3) is 10.8 Å². The molecule has 0 saturated carbocycles. The Bertz CT molecular complexity index is 1850. The van der Waals surface area contributed by atoms with E-state index in [1.165, 1.54) is 22.0 Å². The van der Waals surface area contributed by atoms with E-state index in [1.54, 1.807) is 4.90 Å². The highest BCUT2D eigenvalue weighted by molar-refractivity contribution is 5.97. The summed E-state index contributed by atoms with van der Waals surface area (Å²) in [7, 11) is 1.91. The Balaban J connectivity index is 1.16. The van der Waals surface area contributed by atoms with Crippen LogP contribution in [-0.4, -0.2) is 90.5 Å². The molecule has 4 heterocycles. The van der Waals surface area contributed by atoms with E-state index in [9.17, 15) is 14.4 Å². The summed E-state index contributed by atoms with van der Waals surface area (Å²) in [5.41, 5.74) is 5.24. The standard InChI is InChI=1S/C38H42FN7O3/c1-26-8-6-11-28-12-7-13-34(35(26)28)44-17-15-32-33(23-44)41-37(48-25-31-20-29(39)21-43(31)2)42-36(32)45-18-19-46(30(22-45)14-16-40)38(47)49-24-27-9-4-3-5-10-27/h3-13,29-31H,14-15,17-25H2,1-2H3/t29-,30+,31-/m1/s1. The molecule has 0 unspecified atom stereocenters. The van der Waals surface area contributed by atoms with Crippen LogP contribution in [0, 0.1) is 18.3 Å². The third-order valence-electron chi connectivity index (χ3n) is 10.0. The van der Waals surface area contributed by atoms with Crippen LogP contribution < -0.4 is 14.5 Å². The van der Waals surface area contributed by atoms with Gasteiger partial charge in [-0.3, -0.25) is 4.90 Å². The molecule has 49 heavy (non-hydrogen) atoms. The number of hydrogen-bond acceptors (Lipinski definition) is 9. The third-order valence-corrected chi connectivity index (χ3v) is 10.0. The second kappa shape index (κ2) is 14.3. The zero-order valence-electron chi connectivity index (χ0n) is 28.1. The van der Waals surface area contributed by atoms with Gasteiger partial charge in [-0.2, -0.15) is 15.2 Å². The molecule has 4 aromatic rings. The van der Waals surface area contributed by atoms with Crippen LogP contribution >= 0.6 is 0 Å². The summed E-state index contributed by atoms with van der Waals surface area (Å²) in [5.74, 6) is 0.775. The lowest BCUT2D eigenvalue weighted by atomic mass is 9.99. The summed E-state index contributed by atoms with van der Waals surface area (Å²) in [6.45, 7) is 5.71. The van der Waals surface area contributed by atoms with Crippen LogP contribution in [0.2, 0.25) is 0 Å². The first kappa shape index (κ1) is 32.6. The Morgan fingerprint density at radius 2 is 1.80 bits per heavy atom. The number of nitriles is 1. The van der Waals surface area contributed by atoms with Crippen molar-refractivity contribution < 1.29 is 18.7 Å². The molecule has 0 aliphatic carbocycles. The van der Waals surface area contributed by atoms with Crippen LogP contribution in [0.4, 0.5) is 20.7 Å². The van der Waals surface area contributed by atoms with E-state index in [0.29, 0.717) is 45.8 Å². The summed E-state index contributed by atoms with van der Waals surface area (Å²) in [5, 5.41) is 12.2. The zero-order chi connectivity index (χ0) is 33.9. The van der Waals surface area contributed by atoms with Crippen molar-refractivity contribution in [3.05, 3.63) is 89.1 Å². The normalized spacial score (nSPS) is 21.0. The maximum atomic E-state index is 14.1. The molecule has 2 saturated heterocycles. The molecule has 1 aromatic heterocycles. The highest BCUT2D eigenvalue weighted by Gasteiger charge is 2.35. The number of nitrogens with zero attached hydrogens (tertiary/aromatic N) is 7. The number of anilines is 2. The Morgan fingerprint density at radius 3 is 2.57 bits per heavy atom. The van der Waals surface area contributed by atoms with Gasteiger partial charge in [0.25, 0.3) is 0 Å². The number of amides is 1. The minimum Gasteiger partial charge on any atom is -0.462 e. The lowest BCUT2D eigenvalue weighted by molar-refractivity contribution is 0.0767. The predicted octanol–water partition coefficient (Wildman–Crippen LogP) is 5.66. The van der Waals surface area contributed by atoms with Crippen molar-refractivity contribution >= 4 is 28.4 Å². The van der Waals surface area contributed by atoms with Gasteiger partial charge in [0.05, 0.1) is 30.8 Å². The Hall–Kier alpha value is -4.95. The summed E-state index contributed by atoms with van der Waals surface area (Å²) in [4.78, 5) is 31.3. The smallest absolute Gasteiger partial charge is 0.410 e. The van der Waals surface area contributed by atoms with E-state index in [4.69, 9.17) is 19.4 Å². The molecule has 3 atom stereocenters. The van der Waals surface area contributed by atoms with Crippen molar-refractivity contribution in [3.8, 4) is 12.1 Å². The molecule has 0 radical (unpaired) electrons. The van der Waals surface area contributed by atoms with Crippen LogP contribution in [0.5, 0.6) is 6.01 Å². The Kier molecular flexibility index (Phi) is 9.49. The SMILES string of the molecule is Cc1cccc2cccc(N3CCc4c(nc(OC[C@H]5C[C@@H](F)CN5C)nc4N4CCN(C(=O)OCc5ccccc5)[C@@H](CC#N)C4)C3)c12. The fourth-order valence-corrected chi connectivity index (χ4v) is 7.44. The van der Waals surface area contributed by atoms with Gasteiger partial charge in [-0.15, -0.1) is 0 Å². The number of rotatable bonds is 8. The van der Waals surface area contributed by atoms with Gasteiger partial charge >= 0.3 is 12.1 Å². The fourth-order valence-electron chi connectivity index (χ4n) is 7.44. The Labute approximate surface area is 286 Å². The number of benzene rings is 3. The molecule has 11 heteroatoms. The highest BCUT2D eigenvalue weighted by atomic mass is 19.1. The molecule has 3 aliphatic rings. The number of fused-ring (bicyclic) bond motifs is 2. The zero-order valence-corrected chi connectivity index (χ0v) is 28.1. The maximum Gasteiger partial charge on any atom is 0.410 e. The number of likely N-dealkylation sites (tertiary alicyclic amines) is 1. The number of hydrogen-bond donors (Lipinski definition) is 0. The molecular formula is C38H42FN7O3. The quantitative estimate of drug-likeness (QED) is 0.237. The van der Waals surface area contributed by atoms with Crippen LogP contribution in [0.1, 0.15) is 35.2 Å². The summed E-state index contributed by atoms with van der Waals surface area (Å²) < 4.78 is 26.0. The number of carbonyl (C=O) groups excluding carboxylic acids is 1. The van der Waals surface area contributed by atoms with Crippen molar-refractivity contribution in [3.63, 3.8) is 0 Å². The highest BCUT2D eigenvalue weighted by Crippen LogP contribution is 2.36. The molecule has 1 amide bonds. The molecule has 0 spiro atoms. The van der Waals surface area contributed by atoms with Crippen LogP contribution in [0.3, 0.4) is 0 Å². The van der Waals surface area contributed by atoms with E-state index in [2.05, 4.69) is 59.2 Å². The first-order chi connectivity index (χ1) is 23.9. The van der Waals surface area contributed by atoms with E-state index in [1.807, 2.05) is 42.3 Å². The number of ether oxygens (including phenoxy) is 2. The van der Waals surface area contributed by atoms with Gasteiger partial charge in [0, 0.05) is 55.4 Å². The largest absolute Gasteiger partial charge is 0.462 e. The molecule has 10 nitrogen and oxygen atoms in total. The summed E-state index contributed by atoms with van der Waals surface area (Å²) >= 11 is 0. The lowest BCUT2D eigenvalue weighted by Crippen LogP contribution is -2.55. The molecule has 3 aliphatic heterocycles. The van der Waals surface area contributed by atoms with Gasteiger partial charge in [-0.25, -0.2) is 9.18 Å². The van der Waals surface area contributed by atoms with Crippen LogP contribution in [-0.2, 0) is 24.3 Å². The van der Waals surface area contributed by atoms with Crippen molar-refractivity contribution in [2.45, 2.75) is 57.6 Å². The number of aromatic nitrogens is 2. The van der Waals surface area contributed by atoms with Crippen molar-refractivity contribution in [1.29, 1.82) is 5.26 Å². The van der Waals surface area contributed by atoms with Crippen molar-refractivity contribution in [2.24, 2.45) is 0 Å². The van der Waals surface area contributed by atoms with E-state index >= 15 is 0 Å². The van der Waals surface area contributed by atoms with Gasteiger partial charge in [0.1, 0.15) is 25.2 Å². The fraction of sp³-hybridized carbons (Fsp3) is 0.421. The van der Waals surface area contributed by atoms with Gasteiger partial charge in [0.15, 0.2) is 0 Å². The minimum absolute atomic E-state index is 0.0568. The molecule has 0 bridgehead atoms. The van der Waals surface area contributed by atoms with Crippen molar-refractivity contribution in [2.75, 3.05) is 56.2 Å². The van der Waals surface area contributed by atoms with E-state index in [-0.39, 0.29) is 31.1 Å². The molecule has 254 valence electrons. The van der Waals surface area contributed by atoms with E-state index in [0.717, 1.165) is 35.6 Å². The molecular weight excluding hydrogens is 621 g/mol. The number of piperazine rings is 1. The monoisotopic (exact) mass is 663 g/mol. The molecule has 2 fully saturated rings. The topological polar surface area (TPSA) is 98.1 Å². The van der Waals surface area contributed by atoms with Gasteiger partial charge < -0.3 is 24.2 Å². The third kappa shape index (κ3) is 6.97. The summed E-state index contributed by atoms with van der Waals surface area (Å²) in [6, 6.07) is 24.5. The average molecular weight is 664 g/mol. The number of halogens is 1. The number of likely N-dealkylation sites (N-methyl/N-ethyl adjacent to an activating group) is 1. The summed E-state index contributed by atoms with van der Waals surface area (Å²) in [6.07, 6.45) is 0.0139. The number of alkyl halides is 1. The average Bonchev–Trinajstić information content (AvgIpc) is 3.45. The Morgan fingerprint density at radius 1 is 0.980 bits per heavy atom. The second-order valence-corrected chi connectivity index (χ2v) is 13.3. The van der Waals surface area contributed by atoms with E-state index < -0.39 is 12.3 Å². The van der Waals surface area contributed by atoms with Crippen molar-refractivity contribution in [1.82, 2.24) is 19.8 Å². The first-order valence-corrected chi connectivity index (χ1v) is 17.1. The van der Waals surface area contributed by atoms with Crippen LogP contribution in [0.15, 0.2) is 66.7 Å². The second-order valence-electron chi connectivity index (χ2n) is 13.3.